The van der Waals surface area contributed by atoms with Crippen molar-refractivity contribution in [3.63, 3.8) is 0 Å². The van der Waals surface area contributed by atoms with Crippen molar-refractivity contribution in [1.82, 2.24) is 4.98 Å². The molecular weight excluding hydrogens is 310 g/mol. The first-order valence-corrected chi connectivity index (χ1v) is 6.54. The molecule has 0 fully saturated rings. The highest BCUT2D eigenvalue weighted by molar-refractivity contribution is 9.10. The Bertz CT molecular complexity index is 572. The van der Waals surface area contributed by atoms with E-state index in [1.807, 2.05) is 6.07 Å². The average molecular weight is 324 g/mol. The Morgan fingerprint density at radius 3 is 2.63 bits per heavy atom. The monoisotopic (exact) mass is 323 g/mol. The number of hydrogen-bond donors (Lipinski definition) is 1. The van der Waals surface area contributed by atoms with E-state index in [0.29, 0.717) is 22.8 Å². The molecule has 0 radical (unpaired) electrons. The fraction of sp³-hybridized carbons (Fsp3) is 0.214. The molecule has 0 aliphatic rings. The smallest absolute Gasteiger partial charge is 0.146 e. The summed E-state index contributed by atoms with van der Waals surface area (Å²) in [7, 11) is 1.56. The molecule has 0 aliphatic carbocycles. The van der Waals surface area contributed by atoms with E-state index in [4.69, 9.17) is 9.47 Å². The van der Waals surface area contributed by atoms with Crippen LogP contribution in [0.15, 0.2) is 41.1 Å². The maximum absolute atomic E-state index is 9.86. The number of hydrogen-bond acceptors (Lipinski definition) is 4. The van der Waals surface area contributed by atoms with Crippen LogP contribution in [0.25, 0.3) is 0 Å². The Morgan fingerprint density at radius 2 is 2.00 bits per heavy atom. The first kappa shape index (κ1) is 13.8. The van der Waals surface area contributed by atoms with E-state index in [2.05, 4.69) is 20.9 Å². The van der Waals surface area contributed by atoms with Gasteiger partial charge < -0.3 is 14.6 Å². The third-order valence-electron chi connectivity index (χ3n) is 2.57. The second-order valence-electron chi connectivity index (χ2n) is 3.99. The van der Waals surface area contributed by atoms with Crippen LogP contribution in [0, 0.1) is 0 Å². The van der Waals surface area contributed by atoms with Crippen molar-refractivity contribution in [2.75, 3.05) is 7.11 Å². The van der Waals surface area contributed by atoms with Crippen LogP contribution in [0.3, 0.4) is 0 Å². The van der Waals surface area contributed by atoms with Crippen molar-refractivity contribution in [1.29, 1.82) is 0 Å². The van der Waals surface area contributed by atoms with Crippen molar-refractivity contribution < 1.29 is 14.6 Å². The number of benzene rings is 1. The molecule has 0 bridgehead atoms. The molecule has 0 spiro atoms. The Morgan fingerprint density at radius 1 is 1.26 bits per heavy atom. The minimum atomic E-state index is -0.689. The molecule has 1 atom stereocenters. The molecule has 100 valence electrons. The van der Waals surface area contributed by atoms with E-state index in [-0.39, 0.29) is 0 Å². The van der Waals surface area contributed by atoms with E-state index in [1.54, 1.807) is 44.6 Å². The summed E-state index contributed by atoms with van der Waals surface area (Å²) >= 11 is 3.33. The second-order valence-corrected chi connectivity index (χ2v) is 4.90. The minimum absolute atomic E-state index is 0.550. The largest absolute Gasteiger partial charge is 0.496 e. The van der Waals surface area contributed by atoms with Crippen molar-refractivity contribution in [2.45, 2.75) is 13.0 Å². The van der Waals surface area contributed by atoms with Gasteiger partial charge in [0, 0.05) is 10.7 Å². The van der Waals surface area contributed by atoms with Gasteiger partial charge in [0.25, 0.3) is 0 Å². The van der Waals surface area contributed by atoms with Crippen LogP contribution in [0.5, 0.6) is 17.2 Å². The molecular formula is C14H14BrNO3. The van der Waals surface area contributed by atoms with Crippen molar-refractivity contribution >= 4 is 15.9 Å². The van der Waals surface area contributed by atoms with Crippen molar-refractivity contribution in [3.05, 3.63) is 46.7 Å². The van der Waals surface area contributed by atoms with Crippen LogP contribution in [0.4, 0.5) is 0 Å². The Balaban J connectivity index is 2.39. The Kier molecular flexibility index (Phi) is 4.39. The standard InChI is InChI=1S/C14H14BrNO3/c1-9(17)14-12(18-2)4-3-5-13(14)19-11-6-10(15)7-16-8-11/h3-9,17H,1-2H3/t9-/m1/s1. The van der Waals surface area contributed by atoms with Crippen LogP contribution in [-0.4, -0.2) is 17.2 Å². The van der Waals surface area contributed by atoms with Gasteiger partial charge in [0.2, 0.25) is 0 Å². The molecule has 1 aromatic heterocycles. The minimum Gasteiger partial charge on any atom is -0.496 e. The summed E-state index contributed by atoms with van der Waals surface area (Å²) in [6, 6.07) is 7.18. The Hall–Kier alpha value is -1.59. The fourth-order valence-corrected chi connectivity index (χ4v) is 2.12. The van der Waals surface area contributed by atoms with Crippen molar-refractivity contribution in [3.8, 4) is 17.2 Å². The zero-order chi connectivity index (χ0) is 13.8. The van der Waals surface area contributed by atoms with Gasteiger partial charge in [-0.1, -0.05) is 6.07 Å². The Labute approximate surface area is 120 Å². The summed E-state index contributed by atoms with van der Waals surface area (Å²) in [6.07, 6.45) is 2.59. The number of methoxy groups -OCH3 is 1. The van der Waals surface area contributed by atoms with Gasteiger partial charge in [0.15, 0.2) is 0 Å². The molecule has 0 saturated heterocycles. The summed E-state index contributed by atoms with van der Waals surface area (Å²) in [5, 5.41) is 9.86. The maximum Gasteiger partial charge on any atom is 0.146 e. The number of halogens is 1. The number of pyridine rings is 1. The highest BCUT2D eigenvalue weighted by atomic mass is 79.9. The van der Waals surface area contributed by atoms with E-state index in [0.717, 1.165) is 4.47 Å². The number of aromatic nitrogens is 1. The molecule has 4 nitrogen and oxygen atoms in total. The number of rotatable bonds is 4. The molecule has 0 amide bonds. The topological polar surface area (TPSA) is 51.6 Å². The lowest BCUT2D eigenvalue weighted by Crippen LogP contribution is -2.00. The molecule has 0 saturated carbocycles. The molecule has 0 unspecified atom stereocenters. The van der Waals surface area contributed by atoms with Gasteiger partial charge in [-0.2, -0.15) is 0 Å². The van der Waals surface area contributed by atoms with Gasteiger partial charge in [-0.25, -0.2) is 0 Å². The molecule has 2 aromatic rings. The third kappa shape index (κ3) is 3.24. The predicted molar refractivity (Wildman–Crippen MR) is 75.6 cm³/mol. The summed E-state index contributed by atoms with van der Waals surface area (Å²) in [5.74, 6) is 1.73. The number of aliphatic hydroxyl groups is 1. The molecule has 0 aliphatic heterocycles. The second kappa shape index (κ2) is 6.04. The first-order chi connectivity index (χ1) is 9.11. The molecule has 19 heavy (non-hydrogen) atoms. The number of ether oxygens (including phenoxy) is 2. The van der Waals surface area contributed by atoms with Gasteiger partial charge in [-0.15, -0.1) is 0 Å². The average Bonchev–Trinajstić information content (AvgIpc) is 2.38. The van der Waals surface area contributed by atoms with Crippen LogP contribution in [0.1, 0.15) is 18.6 Å². The number of nitrogens with zero attached hydrogens (tertiary/aromatic N) is 1. The predicted octanol–water partition coefficient (Wildman–Crippen LogP) is 3.70. The van der Waals surface area contributed by atoms with E-state index in [9.17, 15) is 5.11 Å². The lowest BCUT2D eigenvalue weighted by molar-refractivity contribution is 0.190. The zero-order valence-electron chi connectivity index (χ0n) is 10.6. The quantitative estimate of drug-likeness (QED) is 0.932. The van der Waals surface area contributed by atoms with Crippen LogP contribution in [0.2, 0.25) is 0 Å². The summed E-state index contributed by atoms with van der Waals surface area (Å²) in [5.41, 5.74) is 0.616. The van der Waals surface area contributed by atoms with Crippen LogP contribution >= 0.6 is 15.9 Å². The normalized spacial score (nSPS) is 12.0. The highest BCUT2D eigenvalue weighted by Gasteiger charge is 2.16. The molecule has 1 heterocycles. The lowest BCUT2D eigenvalue weighted by Gasteiger charge is -2.16. The fourth-order valence-electron chi connectivity index (χ4n) is 1.78. The van der Waals surface area contributed by atoms with E-state index >= 15 is 0 Å². The van der Waals surface area contributed by atoms with E-state index in [1.165, 1.54) is 0 Å². The summed E-state index contributed by atoms with van der Waals surface area (Å²) in [6.45, 7) is 1.67. The lowest BCUT2D eigenvalue weighted by atomic mass is 10.1. The summed E-state index contributed by atoms with van der Waals surface area (Å²) < 4.78 is 11.8. The molecule has 1 aromatic carbocycles. The third-order valence-corrected chi connectivity index (χ3v) is 3.01. The highest BCUT2D eigenvalue weighted by Crippen LogP contribution is 2.36. The molecule has 1 N–H and O–H groups in total. The van der Waals surface area contributed by atoms with Crippen molar-refractivity contribution in [2.24, 2.45) is 0 Å². The molecule has 2 rings (SSSR count). The van der Waals surface area contributed by atoms with Gasteiger partial charge in [-0.3, -0.25) is 4.98 Å². The van der Waals surface area contributed by atoms with Gasteiger partial charge in [-0.05, 0) is 41.1 Å². The van der Waals surface area contributed by atoms with Crippen LogP contribution < -0.4 is 9.47 Å². The first-order valence-electron chi connectivity index (χ1n) is 5.75. The zero-order valence-corrected chi connectivity index (χ0v) is 12.2. The SMILES string of the molecule is COc1cccc(Oc2cncc(Br)c2)c1[C@@H](C)O. The van der Waals surface area contributed by atoms with E-state index < -0.39 is 6.10 Å². The number of aliphatic hydroxyl groups excluding tert-OH is 1. The summed E-state index contributed by atoms with van der Waals surface area (Å²) in [4.78, 5) is 4.03. The maximum atomic E-state index is 9.86. The van der Waals surface area contributed by atoms with Gasteiger partial charge in [0.05, 0.1) is 25.0 Å². The molecule has 5 heteroatoms. The van der Waals surface area contributed by atoms with Gasteiger partial charge >= 0.3 is 0 Å². The van der Waals surface area contributed by atoms with Crippen LogP contribution in [-0.2, 0) is 0 Å². The van der Waals surface area contributed by atoms with Gasteiger partial charge in [0.1, 0.15) is 17.2 Å².